The van der Waals surface area contributed by atoms with E-state index in [2.05, 4.69) is 29.7 Å². The van der Waals surface area contributed by atoms with Gasteiger partial charge in [0.2, 0.25) is 0 Å². The highest BCUT2D eigenvalue weighted by atomic mass is 35.5. The van der Waals surface area contributed by atoms with Crippen LogP contribution in [-0.2, 0) is 0 Å². The molecule has 100 valence electrons. The third-order valence-corrected chi connectivity index (χ3v) is 3.53. The van der Waals surface area contributed by atoms with Crippen molar-refractivity contribution in [1.82, 2.24) is 0 Å². The standard InChI is InChI=1S/C15H17ClN2O/c1-2-3-8-19-13-9-12-14(18-15(16)17-12)11-7-5-4-6-10(11)13/h4-7,9,15,17-18H,2-3,8H2,1H3. The predicted octanol–water partition coefficient (Wildman–Crippen LogP) is 4.38. The smallest absolute Gasteiger partial charge is 0.175 e. The van der Waals surface area contributed by atoms with Crippen molar-refractivity contribution in [1.29, 1.82) is 0 Å². The summed E-state index contributed by atoms with van der Waals surface area (Å²) in [6, 6.07) is 10.3. The molecular weight excluding hydrogens is 260 g/mol. The van der Waals surface area contributed by atoms with Crippen molar-refractivity contribution in [3.63, 3.8) is 0 Å². The molecule has 4 heteroatoms. The van der Waals surface area contributed by atoms with E-state index in [1.165, 1.54) is 0 Å². The number of nitrogens with one attached hydrogen (secondary N) is 2. The topological polar surface area (TPSA) is 33.3 Å². The molecule has 0 saturated carbocycles. The molecule has 0 fully saturated rings. The lowest BCUT2D eigenvalue weighted by Crippen LogP contribution is -2.12. The predicted molar refractivity (Wildman–Crippen MR) is 81.2 cm³/mol. The van der Waals surface area contributed by atoms with Gasteiger partial charge in [-0.1, -0.05) is 49.2 Å². The van der Waals surface area contributed by atoms with E-state index in [1.807, 2.05) is 18.2 Å². The van der Waals surface area contributed by atoms with Crippen molar-refractivity contribution in [2.75, 3.05) is 17.2 Å². The number of halogens is 1. The highest BCUT2D eigenvalue weighted by molar-refractivity contribution is 6.25. The first-order valence-corrected chi connectivity index (χ1v) is 7.09. The maximum Gasteiger partial charge on any atom is 0.175 e. The van der Waals surface area contributed by atoms with Crippen LogP contribution in [0.15, 0.2) is 30.3 Å². The molecule has 0 saturated heterocycles. The molecule has 2 aromatic rings. The van der Waals surface area contributed by atoms with Crippen molar-refractivity contribution < 1.29 is 4.74 Å². The Hall–Kier alpha value is -1.61. The summed E-state index contributed by atoms with van der Waals surface area (Å²) >= 11 is 6.09. The van der Waals surface area contributed by atoms with Gasteiger partial charge in [-0.15, -0.1) is 0 Å². The second-order valence-corrected chi connectivity index (χ2v) is 5.13. The first-order chi connectivity index (χ1) is 9.29. The third kappa shape index (κ3) is 2.30. The Morgan fingerprint density at radius 1 is 1.21 bits per heavy atom. The number of fused-ring (bicyclic) bond motifs is 3. The molecular formula is C15H17ClN2O. The molecule has 1 heterocycles. The SMILES string of the molecule is CCCCOc1cc2c(c3ccccc13)NC(Cl)N2. The van der Waals surface area contributed by atoms with Crippen LogP contribution in [0, 0.1) is 0 Å². The zero-order chi connectivity index (χ0) is 13.2. The molecule has 0 aromatic heterocycles. The van der Waals surface area contributed by atoms with Crippen LogP contribution in [0.4, 0.5) is 11.4 Å². The summed E-state index contributed by atoms with van der Waals surface area (Å²) in [5.74, 6) is 0.919. The number of anilines is 2. The molecule has 0 amide bonds. The number of unbranched alkanes of at least 4 members (excludes halogenated alkanes) is 1. The average Bonchev–Trinajstić information content (AvgIpc) is 2.80. The van der Waals surface area contributed by atoms with Crippen LogP contribution in [0.5, 0.6) is 5.75 Å². The summed E-state index contributed by atoms with van der Waals surface area (Å²) in [6.07, 6.45) is 2.20. The number of ether oxygens (including phenoxy) is 1. The number of alkyl halides is 1. The van der Waals surface area contributed by atoms with Crippen molar-refractivity contribution >= 4 is 33.7 Å². The van der Waals surface area contributed by atoms with E-state index in [0.29, 0.717) is 0 Å². The van der Waals surface area contributed by atoms with Gasteiger partial charge in [0.15, 0.2) is 5.62 Å². The first kappa shape index (κ1) is 12.4. The van der Waals surface area contributed by atoms with E-state index in [1.54, 1.807) is 0 Å². The Bertz CT molecular complexity index is 600. The molecule has 1 atom stereocenters. The van der Waals surface area contributed by atoms with Crippen molar-refractivity contribution in [3.8, 4) is 5.75 Å². The summed E-state index contributed by atoms with van der Waals surface area (Å²) in [7, 11) is 0. The fraction of sp³-hybridized carbons (Fsp3) is 0.333. The van der Waals surface area contributed by atoms with Gasteiger partial charge in [0.1, 0.15) is 5.75 Å². The number of hydrogen-bond donors (Lipinski definition) is 2. The molecule has 3 rings (SSSR count). The van der Waals surface area contributed by atoms with E-state index in [-0.39, 0.29) is 5.62 Å². The molecule has 2 N–H and O–H groups in total. The van der Waals surface area contributed by atoms with Crippen molar-refractivity contribution in [3.05, 3.63) is 30.3 Å². The van der Waals surface area contributed by atoms with E-state index in [9.17, 15) is 0 Å². The van der Waals surface area contributed by atoms with Gasteiger partial charge in [0.05, 0.1) is 18.0 Å². The Balaban J connectivity index is 2.05. The fourth-order valence-corrected chi connectivity index (χ4v) is 2.58. The number of hydrogen-bond acceptors (Lipinski definition) is 3. The van der Waals surface area contributed by atoms with Gasteiger partial charge < -0.3 is 15.4 Å². The van der Waals surface area contributed by atoms with Gasteiger partial charge in [-0.25, -0.2) is 0 Å². The summed E-state index contributed by atoms with van der Waals surface area (Å²) in [4.78, 5) is 0. The van der Waals surface area contributed by atoms with E-state index in [0.717, 1.165) is 47.3 Å². The summed E-state index contributed by atoms with van der Waals surface area (Å²) < 4.78 is 5.91. The Morgan fingerprint density at radius 3 is 2.79 bits per heavy atom. The normalized spacial score (nSPS) is 16.8. The Morgan fingerprint density at radius 2 is 2.00 bits per heavy atom. The number of benzene rings is 2. The van der Waals surface area contributed by atoms with Gasteiger partial charge in [-0.05, 0) is 6.42 Å². The first-order valence-electron chi connectivity index (χ1n) is 6.65. The molecule has 3 nitrogen and oxygen atoms in total. The maximum absolute atomic E-state index is 6.09. The second-order valence-electron chi connectivity index (χ2n) is 4.70. The molecule has 2 aromatic carbocycles. The van der Waals surface area contributed by atoms with Crippen LogP contribution in [-0.4, -0.2) is 12.2 Å². The zero-order valence-corrected chi connectivity index (χ0v) is 11.6. The molecule has 1 unspecified atom stereocenters. The van der Waals surface area contributed by atoms with Gasteiger partial charge in [-0.2, -0.15) is 0 Å². The Labute approximate surface area is 117 Å². The van der Waals surface area contributed by atoms with Crippen molar-refractivity contribution in [2.45, 2.75) is 25.4 Å². The quantitative estimate of drug-likeness (QED) is 0.494. The summed E-state index contributed by atoms with van der Waals surface area (Å²) in [5.41, 5.74) is 1.80. The minimum Gasteiger partial charge on any atom is -0.493 e. The van der Waals surface area contributed by atoms with E-state index < -0.39 is 0 Å². The molecule has 1 aliphatic rings. The average molecular weight is 277 g/mol. The highest BCUT2D eigenvalue weighted by Gasteiger charge is 2.21. The van der Waals surface area contributed by atoms with Crippen LogP contribution in [0.3, 0.4) is 0 Å². The van der Waals surface area contributed by atoms with Crippen LogP contribution >= 0.6 is 11.6 Å². The highest BCUT2D eigenvalue weighted by Crippen LogP contribution is 2.42. The van der Waals surface area contributed by atoms with Crippen molar-refractivity contribution in [2.24, 2.45) is 0 Å². The van der Waals surface area contributed by atoms with E-state index >= 15 is 0 Å². The molecule has 0 bridgehead atoms. The van der Waals surface area contributed by atoms with Crippen LogP contribution in [0.2, 0.25) is 0 Å². The lowest BCUT2D eigenvalue weighted by atomic mass is 10.1. The molecule has 0 radical (unpaired) electrons. The van der Waals surface area contributed by atoms with Crippen LogP contribution in [0.1, 0.15) is 19.8 Å². The molecule has 0 aliphatic carbocycles. The van der Waals surface area contributed by atoms with Crippen LogP contribution < -0.4 is 15.4 Å². The monoisotopic (exact) mass is 276 g/mol. The molecule has 19 heavy (non-hydrogen) atoms. The number of rotatable bonds is 4. The Kier molecular flexibility index (Phi) is 3.38. The molecule has 1 aliphatic heterocycles. The fourth-order valence-electron chi connectivity index (χ4n) is 2.36. The second kappa shape index (κ2) is 5.17. The van der Waals surface area contributed by atoms with Gasteiger partial charge >= 0.3 is 0 Å². The minimum absolute atomic E-state index is 0.260. The molecule has 0 spiro atoms. The minimum atomic E-state index is -0.260. The van der Waals surface area contributed by atoms with Gasteiger partial charge in [0, 0.05) is 16.8 Å². The van der Waals surface area contributed by atoms with E-state index in [4.69, 9.17) is 16.3 Å². The van der Waals surface area contributed by atoms with Crippen LogP contribution in [0.25, 0.3) is 10.8 Å². The van der Waals surface area contributed by atoms with Gasteiger partial charge in [-0.3, -0.25) is 0 Å². The summed E-state index contributed by atoms with van der Waals surface area (Å²) in [6.45, 7) is 2.91. The van der Waals surface area contributed by atoms with Gasteiger partial charge in [0.25, 0.3) is 0 Å². The third-order valence-electron chi connectivity index (χ3n) is 3.32. The lowest BCUT2D eigenvalue weighted by molar-refractivity contribution is 0.313. The largest absolute Gasteiger partial charge is 0.493 e. The zero-order valence-electron chi connectivity index (χ0n) is 10.9. The lowest BCUT2D eigenvalue weighted by Gasteiger charge is -2.12. The maximum atomic E-state index is 6.09. The summed E-state index contributed by atoms with van der Waals surface area (Å²) in [5, 5.41) is 8.69.